The zero-order valence-electron chi connectivity index (χ0n) is 9.73. The van der Waals surface area contributed by atoms with E-state index in [1.165, 1.54) is 4.70 Å². The van der Waals surface area contributed by atoms with Crippen molar-refractivity contribution in [2.75, 3.05) is 0 Å². The predicted octanol–water partition coefficient (Wildman–Crippen LogP) is 2.60. The van der Waals surface area contributed by atoms with Crippen LogP contribution >= 0.6 is 11.3 Å². The van der Waals surface area contributed by atoms with Crippen LogP contribution in [0.1, 0.15) is 31.4 Å². The second-order valence-electron chi connectivity index (χ2n) is 3.76. The molecule has 3 nitrogen and oxygen atoms in total. The smallest absolute Gasteiger partial charge is 0.0809 e. The Labute approximate surface area is 105 Å². The molecule has 0 aliphatic rings. The van der Waals surface area contributed by atoms with Crippen molar-refractivity contribution >= 4 is 21.6 Å². The molecule has 0 saturated carbocycles. The van der Waals surface area contributed by atoms with Crippen LogP contribution in [0, 0.1) is 11.8 Å². The standard InChI is InChI=1S/C13H15N3S/c1-2-3-4-5-11(16-14)10-8-13-12(15-9-10)6-7-17-13/h6-9,11,16H,4-5,14H2,1H3. The van der Waals surface area contributed by atoms with Crippen LogP contribution in [0.3, 0.4) is 0 Å². The number of fused-ring (bicyclic) bond motifs is 1. The fourth-order valence-corrected chi connectivity index (χ4v) is 2.53. The summed E-state index contributed by atoms with van der Waals surface area (Å²) in [5.74, 6) is 11.5. The van der Waals surface area contributed by atoms with Crippen molar-refractivity contribution in [3.8, 4) is 11.8 Å². The predicted molar refractivity (Wildman–Crippen MR) is 72.4 cm³/mol. The minimum absolute atomic E-state index is 0.120. The third kappa shape index (κ3) is 2.83. The summed E-state index contributed by atoms with van der Waals surface area (Å²) in [5, 5.41) is 2.05. The molecule has 0 saturated heterocycles. The minimum Gasteiger partial charge on any atom is -0.271 e. The Bertz CT molecular complexity index is 550. The van der Waals surface area contributed by atoms with Gasteiger partial charge in [0.1, 0.15) is 0 Å². The van der Waals surface area contributed by atoms with Gasteiger partial charge in [-0.15, -0.1) is 23.2 Å². The SMILES string of the molecule is CC#CCCC(NN)c1cnc2ccsc2c1. The lowest BCUT2D eigenvalue weighted by atomic mass is 10.0. The number of rotatable bonds is 4. The molecule has 0 aliphatic heterocycles. The lowest BCUT2D eigenvalue weighted by Gasteiger charge is -2.14. The summed E-state index contributed by atoms with van der Waals surface area (Å²) in [6.07, 6.45) is 3.63. The number of nitrogens with zero attached hydrogens (tertiary/aromatic N) is 1. The van der Waals surface area contributed by atoms with Gasteiger partial charge in [0.2, 0.25) is 0 Å². The summed E-state index contributed by atoms with van der Waals surface area (Å²) in [6, 6.07) is 4.29. The van der Waals surface area contributed by atoms with Crippen molar-refractivity contribution < 1.29 is 0 Å². The van der Waals surface area contributed by atoms with Crippen molar-refractivity contribution in [2.24, 2.45) is 5.84 Å². The van der Waals surface area contributed by atoms with Crippen LogP contribution in [0.25, 0.3) is 10.2 Å². The van der Waals surface area contributed by atoms with Crippen molar-refractivity contribution in [1.82, 2.24) is 10.4 Å². The lowest BCUT2D eigenvalue weighted by molar-refractivity contribution is 0.523. The van der Waals surface area contributed by atoms with Crippen LogP contribution in [-0.4, -0.2) is 4.98 Å². The molecular formula is C13H15N3S. The number of aromatic nitrogens is 1. The molecule has 3 N–H and O–H groups in total. The maximum absolute atomic E-state index is 5.58. The molecule has 0 spiro atoms. The molecule has 0 bridgehead atoms. The molecule has 2 heterocycles. The molecule has 0 fully saturated rings. The van der Waals surface area contributed by atoms with Gasteiger partial charge in [-0.25, -0.2) is 0 Å². The van der Waals surface area contributed by atoms with Gasteiger partial charge < -0.3 is 0 Å². The Hall–Kier alpha value is -1.41. The van der Waals surface area contributed by atoms with E-state index < -0.39 is 0 Å². The van der Waals surface area contributed by atoms with Crippen LogP contribution < -0.4 is 11.3 Å². The average Bonchev–Trinajstić information content (AvgIpc) is 2.82. The molecule has 0 aromatic carbocycles. The third-order valence-corrected chi connectivity index (χ3v) is 3.52. The highest BCUT2D eigenvalue weighted by atomic mass is 32.1. The Kier molecular flexibility index (Phi) is 4.10. The fourth-order valence-electron chi connectivity index (χ4n) is 1.74. The Morgan fingerprint density at radius 2 is 2.47 bits per heavy atom. The van der Waals surface area contributed by atoms with Crippen LogP contribution in [0.4, 0.5) is 0 Å². The molecule has 0 aliphatic carbocycles. The fraction of sp³-hybridized carbons (Fsp3) is 0.308. The topological polar surface area (TPSA) is 50.9 Å². The van der Waals surface area contributed by atoms with E-state index in [-0.39, 0.29) is 6.04 Å². The molecule has 17 heavy (non-hydrogen) atoms. The summed E-state index contributed by atoms with van der Waals surface area (Å²) in [7, 11) is 0. The molecule has 0 amide bonds. The van der Waals surface area contributed by atoms with Crippen LogP contribution in [-0.2, 0) is 0 Å². The second-order valence-corrected chi connectivity index (χ2v) is 4.71. The number of nitrogens with one attached hydrogen (secondary N) is 1. The maximum Gasteiger partial charge on any atom is 0.0809 e. The first-order valence-electron chi connectivity index (χ1n) is 5.54. The second kappa shape index (κ2) is 5.78. The number of pyridine rings is 1. The van der Waals surface area contributed by atoms with E-state index in [0.29, 0.717) is 0 Å². The van der Waals surface area contributed by atoms with Gasteiger partial charge >= 0.3 is 0 Å². The molecular weight excluding hydrogens is 230 g/mol. The monoisotopic (exact) mass is 245 g/mol. The molecule has 4 heteroatoms. The van der Waals surface area contributed by atoms with E-state index in [1.807, 2.05) is 19.2 Å². The van der Waals surface area contributed by atoms with Crippen molar-refractivity contribution in [1.29, 1.82) is 0 Å². The Morgan fingerprint density at radius 3 is 3.24 bits per heavy atom. The Morgan fingerprint density at radius 1 is 1.59 bits per heavy atom. The van der Waals surface area contributed by atoms with Gasteiger partial charge in [-0.3, -0.25) is 16.3 Å². The van der Waals surface area contributed by atoms with E-state index in [2.05, 4.69) is 33.7 Å². The van der Waals surface area contributed by atoms with Gasteiger partial charge in [0.15, 0.2) is 0 Å². The van der Waals surface area contributed by atoms with Gasteiger partial charge in [-0.1, -0.05) is 0 Å². The van der Waals surface area contributed by atoms with E-state index in [0.717, 1.165) is 23.9 Å². The van der Waals surface area contributed by atoms with Gasteiger partial charge in [-0.2, -0.15) is 0 Å². The highest BCUT2D eigenvalue weighted by Gasteiger charge is 2.10. The van der Waals surface area contributed by atoms with E-state index in [1.54, 1.807) is 11.3 Å². The number of hydrogen-bond donors (Lipinski definition) is 2. The van der Waals surface area contributed by atoms with Gasteiger partial charge in [-0.05, 0) is 36.4 Å². The first-order valence-corrected chi connectivity index (χ1v) is 6.42. The summed E-state index contributed by atoms with van der Waals surface area (Å²) in [6.45, 7) is 1.85. The average molecular weight is 245 g/mol. The zero-order valence-corrected chi connectivity index (χ0v) is 10.6. The van der Waals surface area contributed by atoms with Gasteiger partial charge in [0, 0.05) is 18.7 Å². The summed E-state index contributed by atoms with van der Waals surface area (Å²) >= 11 is 1.70. The molecule has 2 rings (SSSR count). The maximum atomic E-state index is 5.58. The summed E-state index contributed by atoms with van der Waals surface area (Å²) in [4.78, 5) is 4.42. The van der Waals surface area contributed by atoms with E-state index in [4.69, 9.17) is 5.84 Å². The largest absolute Gasteiger partial charge is 0.271 e. The molecule has 2 aromatic heterocycles. The third-order valence-electron chi connectivity index (χ3n) is 2.66. The first kappa shape index (κ1) is 12.1. The highest BCUT2D eigenvalue weighted by Crippen LogP contribution is 2.24. The molecule has 0 radical (unpaired) electrons. The number of nitrogens with two attached hydrogens (primary N) is 1. The molecule has 1 atom stereocenters. The van der Waals surface area contributed by atoms with Crippen LogP contribution in [0.5, 0.6) is 0 Å². The zero-order chi connectivity index (χ0) is 12.1. The van der Waals surface area contributed by atoms with Crippen LogP contribution in [0.15, 0.2) is 23.7 Å². The van der Waals surface area contributed by atoms with E-state index in [9.17, 15) is 0 Å². The normalized spacial score (nSPS) is 12.1. The van der Waals surface area contributed by atoms with Crippen molar-refractivity contribution in [2.45, 2.75) is 25.8 Å². The number of hydrogen-bond acceptors (Lipinski definition) is 4. The minimum atomic E-state index is 0.120. The highest BCUT2D eigenvalue weighted by molar-refractivity contribution is 7.17. The Balaban J connectivity index is 2.19. The summed E-state index contributed by atoms with van der Waals surface area (Å²) < 4.78 is 1.20. The molecule has 88 valence electrons. The lowest BCUT2D eigenvalue weighted by Crippen LogP contribution is -2.27. The van der Waals surface area contributed by atoms with Gasteiger partial charge in [0.05, 0.1) is 10.2 Å². The number of hydrazine groups is 1. The van der Waals surface area contributed by atoms with Crippen molar-refractivity contribution in [3.63, 3.8) is 0 Å². The molecule has 1 unspecified atom stereocenters. The van der Waals surface area contributed by atoms with Crippen molar-refractivity contribution in [3.05, 3.63) is 29.3 Å². The van der Waals surface area contributed by atoms with Gasteiger partial charge in [0.25, 0.3) is 0 Å². The summed E-state index contributed by atoms with van der Waals surface area (Å²) in [5.41, 5.74) is 5.00. The molecule has 2 aromatic rings. The quantitative estimate of drug-likeness (QED) is 0.494. The number of thiophene rings is 1. The van der Waals surface area contributed by atoms with Crippen LogP contribution in [0.2, 0.25) is 0 Å². The first-order chi connectivity index (χ1) is 8.35. The van der Waals surface area contributed by atoms with E-state index >= 15 is 0 Å².